The van der Waals surface area contributed by atoms with Gasteiger partial charge in [0.25, 0.3) is 0 Å². The molecule has 0 spiro atoms. The highest BCUT2D eigenvalue weighted by molar-refractivity contribution is 9.10. The standard InChI is InChI=1S/C17H17BrN4O2/c18-14-6-8-15(9-7-14)21-16(23)4-1-5-17(24)22-20-12-13-3-2-10-19-11-13/h2-3,6-12H,1,4-5H2,(H,21,23)(H,22,24)/b20-12+. The highest BCUT2D eigenvalue weighted by atomic mass is 79.9. The van der Waals surface area contributed by atoms with Gasteiger partial charge in [0.2, 0.25) is 11.8 Å². The summed E-state index contributed by atoms with van der Waals surface area (Å²) in [5.74, 6) is -0.351. The number of pyridine rings is 1. The predicted octanol–water partition coefficient (Wildman–Crippen LogP) is 3.10. The van der Waals surface area contributed by atoms with Crippen molar-refractivity contribution in [2.24, 2.45) is 5.10 Å². The maximum Gasteiger partial charge on any atom is 0.240 e. The molecule has 0 unspecified atom stereocenters. The van der Waals surface area contributed by atoms with Crippen molar-refractivity contribution in [3.05, 3.63) is 58.8 Å². The molecule has 1 heterocycles. The van der Waals surface area contributed by atoms with E-state index in [4.69, 9.17) is 0 Å². The van der Waals surface area contributed by atoms with Crippen LogP contribution in [0.5, 0.6) is 0 Å². The largest absolute Gasteiger partial charge is 0.326 e. The van der Waals surface area contributed by atoms with Crippen LogP contribution >= 0.6 is 15.9 Å². The number of halogens is 1. The maximum absolute atomic E-state index is 11.8. The summed E-state index contributed by atoms with van der Waals surface area (Å²) >= 11 is 3.33. The van der Waals surface area contributed by atoms with Gasteiger partial charge < -0.3 is 5.32 Å². The molecule has 6 nitrogen and oxygen atoms in total. The fourth-order valence-corrected chi connectivity index (χ4v) is 2.12. The molecule has 0 bridgehead atoms. The molecule has 24 heavy (non-hydrogen) atoms. The topological polar surface area (TPSA) is 83.5 Å². The van der Waals surface area contributed by atoms with Crippen LogP contribution in [-0.2, 0) is 9.59 Å². The van der Waals surface area contributed by atoms with E-state index in [1.165, 1.54) is 6.21 Å². The third-order valence-electron chi connectivity index (χ3n) is 3.02. The van der Waals surface area contributed by atoms with Gasteiger partial charge in [0.1, 0.15) is 0 Å². The summed E-state index contributed by atoms with van der Waals surface area (Å²) in [5.41, 5.74) is 3.95. The average molecular weight is 389 g/mol. The Morgan fingerprint density at radius 1 is 1.12 bits per heavy atom. The Balaban J connectivity index is 1.64. The number of hydrogen-bond acceptors (Lipinski definition) is 4. The molecule has 2 amide bonds. The van der Waals surface area contributed by atoms with Crippen molar-refractivity contribution in [2.75, 3.05) is 5.32 Å². The lowest BCUT2D eigenvalue weighted by molar-refractivity contribution is -0.121. The molecule has 0 atom stereocenters. The molecule has 124 valence electrons. The zero-order chi connectivity index (χ0) is 17.2. The number of nitrogens with zero attached hydrogens (tertiary/aromatic N) is 2. The fraction of sp³-hybridized carbons (Fsp3) is 0.176. The Morgan fingerprint density at radius 2 is 1.88 bits per heavy atom. The summed E-state index contributed by atoms with van der Waals surface area (Å²) in [5, 5.41) is 6.63. The second-order valence-corrected chi connectivity index (χ2v) is 5.90. The van der Waals surface area contributed by atoms with Crippen molar-refractivity contribution in [3.8, 4) is 0 Å². The first kappa shape index (κ1) is 17.8. The van der Waals surface area contributed by atoms with Gasteiger partial charge in [-0.1, -0.05) is 22.0 Å². The van der Waals surface area contributed by atoms with E-state index in [2.05, 4.69) is 36.8 Å². The number of carbonyl (C=O) groups is 2. The summed E-state index contributed by atoms with van der Waals surface area (Å²) in [7, 11) is 0. The Bertz CT molecular complexity index is 702. The van der Waals surface area contributed by atoms with Gasteiger partial charge in [-0.2, -0.15) is 5.10 Å². The Labute approximate surface area is 148 Å². The fourth-order valence-electron chi connectivity index (χ4n) is 1.85. The first-order chi connectivity index (χ1) is 11.6. The Morgan fingerprint density at radius 3 is 2.58 bits per heavy atom. The zero-order valence-corrected chi connectivity index (χ0v) is 14.5. The lowest BCUT2D eigenvalue weighted by Gasteiger charge is -2.05. The van der Waals surface area contributed by atoms with Gasteiger partial charge in [0.05, 0.1) is 6.21 Å². The molecule has 0 aliphatic heterocycles. The normalized spacial score (nSPS) is 10.5. The number of nitrogens with one attached hydrogen (secondary N) is 2. The summed E-state index contributed by atoms with van der Waals surface area (Å²) in [4.78, 5) is 27.4. The van der Waals surface area contributed by atoms with Crippen molar-refractivity contribution in [3.63, 3.8) is 0 Å². The van der Waals surface area contributed by atoms with E-state index >= 15 is 0 Å². The van der Waals surface area contributed by atoms with Crippen LogP contribution in [0.2, 0.25) is 0 Å². The van der Waals surface area contributed by atoms with Gasteiger partial charge in [0, 0.05) is 41.0 Å². The first-order valence-electron chi connectivity index (χ1n) is 7.41. The van der Waals surface area contributed by atoms with Gasteiger partial charge in [-0.25, -0.2) is 5.43 Å². The van der Waals surface area contributed by atoms with Crippen LogP contribution in [0.15, 0.2) is 58.4 Å². The molecule has 0 fully saturated rings. The lowest BCUT2D eigenvalue weighted by atomic mass is 10.2. The first-order valence-corrected chi connectivity index (χ1v) is 8.20. The molecule has 1 aromatic heterocycles. The summed E-state index contributed by atoms with van der Waals surface area (Å²) < 4.78 is 0.948. The van der Waals surface area contributed by atoms with Gasteiger partial charge in [-0.15, -0.1) is 0 Å². The molecular formula is C17H17BrN4O2. The maximum atomic E-state index is 11.8. The van der Waals surface area contributed by atoms with E-state index < -0.39 is 0 Å². The van der Waals surface area contributed by atoms with Crippen LogP contribution in [0.1, 0.15) is 24.8 Å². The Kier molecular flexibility index (Phi) is 7.10. The molecule has 0 radical (unpaired) electrons. The number of rotatable bonds is 7. The number of hydrazone groups is 1. The van der Waals surface area contributed by atoms with Crippen LogP contribution in [0.4, 0.5) is 5.69 Å². The van der Waals surface area contributed by atoms with Crippen molar-refractivity contribution >= 4 is 39.6 Å². The van der Waals surface area contributed by atoms with Crippen molar-refractivity contribution in [1.29, 1.82) is 0 Å². The molecule has 1 aromatic carbocycles. The Hall–Kier alpha value is -2.54. The van der Waals surface area contributed by atoms with E-state index in [9.17, 15) is 9.59 Å². The molecule has 7 heteroatoms. The number of anilines is 1. The summed E-state index contributed by atoms with van der Waals surface area (Å²) in [6, 6.07) is 10.9. The molecule has 2 rings (SSSR count). The minimum absolute atomic E-state index is 0.121. The predicted molar refractivity (Wildman–Crippen MR) is 96.6 cm³/mol. The monoisotopic (exact) mass is 388 g/mol. The van der Waals surface area contributed by atoms with Crippen LogP contribution in [0, 0.1) is 0 Å². The zero-order valence-electron chi connectivity index (χ0n) is 12.9. The average Bonchev–Trinajstić information content (AvgIpc) is 2.58. The highest BCUT2D eigenvalue weighted by Gasteiger charge is 2.05. The highest BCUT2D eigenvalue weighted by Crippen LogP contribution is 2.14. The van der Waals surface area contributed by atoms with E-state index in [1.54, 1.807) is 18.5 Å². The molecule has 2 aromatic rings. The summed E-state index contributed by atoms with van der Waals surface area (Å²) in [6.07, 6.45) is 5.78. The van der Waals surface area contributed by atoms with Crippen LogP contribution in [0.25, 0.3) is 0 Å². The number of carbonyl (C=O) groups excluding carboxylic acids is 2. The quantitative estimate of drug-likeness (QED) is 0.564. The molecular weight excluding hydrogens is 372 g/mol. The molecule has 0 aliphatic rings. The SMILES string of the molecule is O=C(CCCC(=O)Nc1ccc(Br)cc1)N/N=C/c1cccnc1. The molecule has 0 aliphatic carbocycles. The molecule has 2 N–H and O–H groups in total. The van der Waals surface area contributed by atoms with Gasteiger partial charge in [0.15, 0.2) is 0 Å². The van der Waals surface area contributed by atoms with E-state index in [0.717, 1.165) is 15.7 Å². The smallest absolute Gasteiger partial charge is 0.240 e. The van der Waals surface area contributed by atoms with E-state index in [0.29, 0.717) is 6.42 Å². The van der Waals surface area contributed by atoms with Gasteiger partial charge in [-0.3, -0.25) is 14.6 Å². The molecule has 0 saturated carbocycles. The summed E-state index contributed by atoms with van der Waals surface area (Å²) in [6.45, 7) is 0. The minimum atomic E-state index is -0.230. The van der Waals surface area contributed by atoms with Crippen LogP contribution in [-0.4, -0.2) is 23.0 Å². The van der Waals surface area contributed by atoms with Crippen LogP contribution < -0.4 is 10.7 Å². The van der Waals surface area contributed by atoms with Crippen molar-refractivity contribution < 1.29 is 9.59 Å². The lowest BCUT2D eigenvalue weighted by Crippen LogP contribution is -2.18. The number of amides is 2. The van der Waals surface area contributed by atoms with E-state index in [1.807, 2.05) is 30.3 Å². The van der Waals surface area contributed by atoms with Crippen LogP contribution in [0.3, 0.4) is 0 Å². The van der Waals surface area contributed by atoms with Crippen molar-refractivity contribution in [1.82, 2.24) is 10.4 Å². The number of hydrogen-bond donors (Lipinski definition) is 2. The third kappa shape index (κ3) is 6.70. The minimum Gasteiger partial charge on any atom is -0.326 e. The number of aromatic nitrogens is 1. The third-order valence-corrected chi connectivity index (χ3v) is 3.55. The second-order valence-electron chi connectivity index (χ2n) is 4.99. The van der Waals surface area contributed by atoms with Gasteiger partial charge >= 0.3 is 0 Å². The van der Waals surface area contributed by atoms with Crippen molar-refractivity contribution in [2.45, 2.75) is 19.3 Å². The number of benzene rings is 1. The van der Waals surface area contributed by atoms with Gasteiger partial charge in [-0.05, 0) is 36.8 Å². The molecule has 0 saturated heterocycles. The second kappa shape index (κ2) is 9.57. The van der Waals surface area contributed by atoms with E-state index in [-0.39, 0.29) is 24.7 Å².